The Bertz CT molecular complexity index is 1350. The zero-order valence-electron chi connectivity index (χ0n) is 18.4. The summed E-state index contributed by atoms with van der Waals surface area (Å²) < 4.78 is 5.93. The molecule has 1 heterocycles. The van der Waals surface area contributed by atoms with Crippen molar-refractivity contribution in [2.24, 2.45) is 0 Å². The Hall–Kier alpha value is -3.61. The first-order valence-electron chi connectivity index (χ1n) is 10.4. The molecular formula is C26H20Cl2N2O4. The molecule has 1 aliphatic rings. The van der Waals surface area contributed by atoms with Crippen molar-refractivity contribution < 1.29 is 19.1 Å². The molecule has 0 unspecified atom stereocenters. The van der Waals surface area contributed by atoms with Gasteiger partial charge in [-0.25, -0.2) is 9.69 Å². The predicted molar refractivity (Wildman–Crippen MR) is 132 cm³/mol. The number of carbonyl (C=O) groups is 3. The fourth-order valence-corrected chi connectivity index (χ4v) is 3.95. The van der Waals surface area contributed by atoms with E-state index in [1.165, 1.54) is 6.08 Å². The summed E-state index contributed by atoms with van der Waals surface area (Å²) in [5, 5.41) is 3.22. The minimum Gasteiger partial charge on any atom is -0.488 e. The predicted octanol–water partition coefficient (Wildman–Crippen LogP) is 5.86. The number of hydrogen-bond acceptors (Lipinski definition) is 4. The second kappa shape index (κ2) is 9.71. The third kappa shape index (κ3) is 4.83. The number of aryl methyl sites for hydroxylation is 1. The maximum absolute atomic E-state index is 13.3. The Kier molecular flexibility index (Phi) is 6.72. The van der Waals surface area contributed by atoms with Gasteiger partial charge in [0.25, 0.3) is 11.8 Å². The van der Waals surface area contributed by atoms with Gasteiger partial charge in [0.05, 0.1) is 5.69 Å². The number of imide groups is 2. The van der Waals surface area contributed by atoms with Crippen LogP contribution < -0.4 is 15.0 Å². The van der Waals surface area contributed by atoms with Crippen molar-refractivity contribution in [3.05, 3.63) is 98.5 Å². The molecule has 6 nitrogen and oxygen atoms in total. The van der Waals surface area contributed by atoms with Gasteiger partial charge in [-0.2, -0.15) is 0 Å². The van der Waals surface area contributed by atoms with Gasteiger partial charge in [-0.15, -0.1) is 0 Å². The van der Waals surface area contributed by atoms with Crippen LogP contribution in [0.25, 0.3) is 6.08 Å². The zero-order valence-corrected chi connectivity index (χ0v) is 19.9. The summed E-state index contributed by atoms with van der Waals surface area (Å²) in [6, 6.07) is 16.6. The highest BCUT2D eigenvalue weighted by Gasteiger charge is 2.37. The summed E-state index contributed by atoms with van der Waals surface area (Å²) in [5.74, 6) is -1.12. The standard InChI is InChI=1S/C26H20Cl2N2O4/c1-15-5-3-8-22(16(15)2)30-25(32)21(24(31)29-26(30)33)13-18-12-20(28)9-10-23(18)34-14-17-6-4-7-19(27)11-17/h3-13H,14H2,1-2H3,(H,29,31,33)/b21-13+. The topological polar surface area (TPSA) is 75.7 Å². The average Bonchev–Trinajstić information content (AvgIpc) is 2.79. The number of anilines is 1. The van der Waals surface area contributed by atoms with E-state index in [1.807, 2.05) is 32.0 Å². The van der Waals surface area contributed by atoms with Gasteiger partial charge in [0.15, 0.2) is 0 Å². The molecule has 0 radical (unpaired) electrons. The van der Waals surface area contributed by atoms with Crippen LogP contribution in [0.3, 0.4) is 0 Å². The second-order valence-electron chi connectivity index (χ2n) is 7.78. The van der Waals surface area contributed by atoms with Crippen LogP contribution in [-0.2, 0) is 16.2 Å². The lowest BCUT2D eigenvalue weighted by atomic mass is 10.0. The van der Waals surface area contributed by atoms with Crippen LogP contribution in [0.5, 0.6) is 5.75 Å². The lowest BCUT2D eigenvalue weighted by Crippen LogP contribution is -2.54. The molecule has 0 bridgehead atoms. The molecule has 0 spiro atoms. The number of barbiturate groups is 1. The molecule has 34 heavy (non-hydrogen) atoms. The molecule has 172 valence electrons. The van der Waals surface area contributed by atoms with E-state index in [4.69, 9.17) is 27.9 Å². The molecule has 3 aromatic rings. The van der Waals surface area contributed by atoms with E-state index in [0.717, 1.165) is 21.6 Å². The van der Waals surface area contributed by atoms with Gasteiger partial charge in [-0.3, -0.25) is 14.9 Å². The quantitative estimate of drug-likeness (QED) is 0.356. The molecule has 4 amide bonds. The first-order chi connectivity index (χ1) is 16.2. The maximum atomic E-state index is 13.3. The smallest absolute Gasteiger partial charge is 0.335 e. The van der Waals surface area contributed by atoms with Crippen molar-refractivity contribution in [1.82, 2.24) is 5.32 Å². The molecule has 1 fully saturated rings. The molecule has 1 aliphatic heterocycles. The third-order valence-electron chi connectivity index (χ3n) is 5.47. The van der Waals surface area contributed by atoms with Crippen molar-refractivity contribution in [2.45, 2.75) is 20.5 Å². The number of halogens is 2. The molecule has 0 aliphatic carbocycles. The van der Waals surface area contributed by atoms with Gasteiger partial charge < -0.3 is 4.74 Å². The van der Waals surface area contributed by atoms with E-state index in [-0.39, 0.29) is 12.2 Å². The van der Waals surface area contributed by atoms with E-state index in [2.05, 4.69) is 5.32 Å². The van der Waals surface area contributed by atoms with Crippen LogP contribution in [0.2, 0.25) is 10.0 Å². The van der Waals surface area contributed by atoms with Crippen molar-refractivity contribution in [3.63, 3.8) is 0 Å². The largest absolute Gasteiger partial charge is 0.488 e. The van der Waals surface area contributed by atoms with Crippen molar-refractivity contribution >= 4 is 52.8 Å². The summed E-state index contributed by atoms with van der Waals surface area (Å²) in [5.41, 5.74) is 3.13. The molecular weight excluding hydrogens is 475 g/mol. The number of amides is 4. The number of nitrogens with one attached hydrogen (secondary N) is 1. The molecule has 1 N–H and O–H groups in total. The van der Waals surface area contributed by atoms with E-state index in [9.17, 15) is 14.4 Å². The van der Waals surface area contributed by atoms with Crippen molar-refractivity contribution in [2.75, 3.05) is 4.90 Å². The van der Waals surface area contributed by atoms with E-state index in [1.54, 1.807) is 42.5 Å². The first kappa shape index (κ1) is 23.5. The number of urea groups is 1. The van der Waals surface area contributed by atoms with Crippen LogP contribution in [0, 0.1) is 13.8 Å². The van der Waals surface area contributed by atoms with Gasteiger partial charge in [-0.1, -0.05) is 47.5 Å². The summed E-state index contributed by atoms with van der Waals surface area (Å²) in [7, 11) is 0. The fourth-order valence-electron chi connectivity index (χ4n) is 3.56. The number of ether oxygens (including phenoxy) is 1. The Morgan fingerprint density at radius 1 is 0.941 bits per heavy atom. The fraction of sp³-hybridized carbons (Fsp3) is 0.115. The molecule has 0 saturated carbocycles. The van der Waals surface area contributed by atoms with Gasteiger partial charge in [0, 0.05) is 15.6 Å². The highest BCUT2D eigenvalue weighted by molar-refractivity contribution is 6.39. The molecule has 8 heteroatoms. The van der Waals surface area contributed by atoms with Crippen molar-refractivity contribution in [3.8, 4) is 5.75 Å². The number of benzene rings is 3. The van der Waals surface area contributed by atoms with Gasteiger partial charge in [-0.05, 0) is 73.0 Å². The Balaban J connectivity index is 1.70. The number of nitrogens with zero attached hydrogens (tertiary/aromatic N) is 1. The monoisotopic (exact) mass is 494 g/mol. The Morgan fingerprint density at radius 2 is 1.68 bits per heavy atom. The number of hydrogen-bond donors (Lipinski definition) is 1. The van der Waals surface area contributed by atoms with Crippen LogP contribution in [-0.4, -0.2) is 17.8 Å². The lowest BCUT2D eigenvalue weighted by molar-refractivity contribution is -0.122. The molecule has 4 rings (SSSR count). The number of rotatable bonds is 5. The SMILES string of the molecule is Cc1cccc(N2C(=O)NC(=O)/C(=C\c3cc(Cl)ccc3OCc3cccc(Cl)c3)C2=O)c1C. The van der Waals surface area contributed by atoms with Crippen molar-refractivity contribution in [1.29, 1.82) is 0 Å². The van der Waals surface area contributed by atoms with E-state index >= 15 is 0 Å². The van der Waals surface area contributed by atoms with Crippen LogP contribution in [0.4, 0.5) is 10.5 Å². The minimum absolute atomic E-state index is 0.213. The normalized spacial score (nSPS) is 15.0. The second-order valence-corrected chi connectivity index (χ2v) is 8.65. The molecule has 0 aromatic heterocycles. The van der Waals surface area contributed by atoms with Crippen LogP contribution >= 0.6 is 23.2 Å². The third-order valence-corrected chi connectivity index (χ3v) is 5.94. The molecule has 1 saturated heterocycles. The summed E-state index contributed by atoms with van der Waals surface area (Å²) in [4.78, 5) is 39.5. The van der Waals surface area contributed by atoms with Gasteiger partial charge in [0.1, 0.15) is 17.9 Å². The van der Waals surface area contributed by atoms with E-state index in [0.29, 0.717) is 27.0 Å². The van der Waals surface area contributed by atoms with Gasteiger partial charge in [0.2, 0.25) is 0 Å². The molecule has 0 atom stereocenters. The summed E-state index contributed by atoms with van der Waals surface area (Å²) in [6.07, 6.45) is 1.38. The lowest BCUT2D eigenvalue weighted by Gasteiger charge is -2.28. The highest BCUT2D eigenvalue weighted by Crippen LogP contribution is 2.30. The Labute approximate surface area is 206 Å². The average molecular weight is 495 g/mol. The minimum atomic E-state index is -0.802. The van der Waals surface area contributed by atoms with Crippen LogP contribution in [0.15, 0.2) is 66.2 Å². The Morgan fingerprint density at radius 3 is 2.44 bits per heavy atom. The maximum Gasteiger partial charge on any atom is 0.335 e. The zero-order chi connectivity index (χ0) is 24.4. The summed E-state index contributed by atoms with van der Waals surface area (Å²) >= 11 is 12.2. The van der Waals surface area contributed by atoms with Gasteiger partial charge >= 0.3 is 6.03 Å². The van der Waals surface area contributed by atoms with E-state index < -0.39 is 17.8 Å². The highest BCUT2D eigenvalue weighted by atomic mass is 35.5. The number of carbonyl (C=O) groups excluding carboxylic acids is 3. The summed E-state index contributed by atoms with van der Waals surface area (Å²) in [6.45, 7) is 3.90. The molecule has 3 aromatic carbocycles. The first-order valence-corrected chi connectivity index (χ1v) is 11.1. The van der Waals surface area contributed by atoms with Crippen LogP contribution in [0.1, 0.15) is 22.3 Å².